The molecule has 19 heavy (non-hydrogen) atoms. The number of carbonyl (C=O) groups excluding carboxylic acids is 2. The quantitative estimate of drug-likeness (QED) is 0.482. The second-order valence-corrected chi connectivity index (χ2v) is 4.24. The average Bonchev–Trinajstić information content (AvgIpc) is 2.41. The van der Waals surface area contributed by atoms with Gasteiger partial charge in [0.15, 0.2) is 5.75 Å². The van der Waals surface area contributed by atoms with Gasteiger partial charge in [-0.2, -0.15) is 0 Å². The molecule has 1 fully saturated rings. The lowest BCUT2D eigenvalue weighted by Crippen LogP contribution is -2.54. The molecule has 5 N–H and O–H groups in total. The van der Waals surface area contributed by atoms with Crippen molar-refractivity contribution < 1.29 is 19.4 Å². The Kier molecular flexibility index (Phi) is 3.57. The molecular weight excluding hydrogens is 250 g/mol. The van der Waals surface area contributed by atoms with Crippen molar-refractivity contribution in [3.8, 4) is 5.75 Å². The standard InChI is InChI=1S/C12H15N3O4/c13-8-3-1-2-7(10(8)16)12(18)15-4-5-19-6-9(15)11(14)17/h1-3,9,16H,4-6,13H2,(H2,14,17). The fourth-order valence-electron chi connectivity index (χ4n) is 1.97. The van der Waals surface area contributed by atoms with Crippen molar-refractivity contribution in [2.24, 2.45) is 5.73 Å². The Morgan fingerprint density at radius 3 is 2.84 bits per heavy atom. The van der Waals surface area contributed by atoms with Crippen molar-refractivity contribution in [1.29, 1.82) is 0 Å². The molecule has 1 unspecified atom stereocenters. The summed E-state index contributed by atoms with van der Waals surface area (Å²) in [5, 5.41) is 9.80. The lowest BCUT2D eigenvalue weighted by atomic mass is 10.1. The van der Waals surface area contributed by atoms with Crippen LogP contribution in [0.4, 0.5) is 5.69 Å². The summed E-state index contributed by atoms with van der Waals surface area (Å²) in [6.45, 7) is 0.615. The van der Waals surface area contributed by atoms with E-state index in [1.165, 1.54) is 17.0 Å². The Hall–Kier alpha value is -2.28. The van der Waals surface area contributed by atoms with Crippen LogP contribution in [-0.2, 0) is 9.53 Å². The van der Waals surface area contributed by atoms with Crippen LogP contribution >= 0.6 is 0 Å². The number of anilines is 1. The Bertz CT molecular complexity index is 518. The second-order valence-electron chi connectivity index (χ2n) is 4.24. The van der Waals surface area contributed by atoms with Crippen molar-refractivity contribution in [1.82, 2.24) is 4.90 Å². The van der Waals surface area contributed by atoms with Crippen molar-refractivity contribution in [2.75, 3.05) is 25.5 Å². The summed E-state index contributed by atoms with van der Waals surface area (Å²) in [4.78, 5) is 24.9. The number of nitrogens with two attached hydrogens (primary N) is 2. The van der Waals surface area contributed by atoms with Crippen LogP contribution in [0.3, 0.4) is 0 Å². The molecule has 7 nitrogen and oxygen atoms in total. The molecule has 0 spiro atoms. The van der Waals surface area contributed by atoms with Crippen LogP contribution in [0.1, 0.15) is 10.4 Å². The van der Waals surface area contributed by atoms with Gasteiger partial charge in [0.1, 0.15) is 6.04 Å². The lowest BCUT2D eigenvalue weighted by Gasteiger charge is -2.33. The number of benzene rings is 1. The summed E-state index contributed by atoms with van der Waals surface area (Å²) in [7, 11) is 0. The van der Waals surface area contributed by atoms with E-state index in [4.69, 9.17) is 16.2 Å². The molecule has 0 aromatic heterocycles. The number of aromatic hydroxyl groups is 1. The van der Waals surface area contributed by atoms with Crippen molar-refractivity contribution >= 4 is 17.5 Å². The highest BCUT2D eigenvalue weighted by atomic mass is 16.5. The highest BCUT2D eigenvalue weighted by Crippen LogP contribution is 2.26. The highest BCUT2D eigenvalue weighted by Gasteiger charge is 2.33. The average molecular weight is 265 g/mol. The first-order chi connectivity index (χ1) is 9.02. The van der Waals surface area contributed by atoms with Gasteiger partial charge in [-0.3, -0.25) is 9.59 Å². The summed E-state index contributed by atoms with van der Waals surface area (Å²) < 4.78 is 5.13. The molecule has 1 saturated heterocycles. The SMILES string of the molecule is NC(=O)C1COCCN1C(=O)c1cccc(N)c1O. The third-order valence-corrected chi connectivity index (χ3v) is 3.02. The zero-order chi connectivity index (χ0) is 14.0. The Balaban J connectivity index is 2.31. The number of morpholine rings is 1. The van der Waals surface area contributed by atoms with Crippen molar-refractivity contribution in [2.45, 2.75) is 6.04 Å². The minimum absolute atomic E-state index is 0.0492. The summed E-state index contributed by atoms with van der Waals surface area (Å²) in [5.41, 5.74) is 10.9. The Morgan fingerprint density at radius 2 is 2.16 bits per heavy atom. The smallest absolute Gasteiger partial charge is 0.258 e. The topological polar surface area (TPSA) is 119 Å². The van der Waals surface area contributed by atoms with Crippen molar-refractivity contribution in [3.05, 3.63) is 23.8 Å². The van der Waals surface area contributed by atoms with Gasteiger partial charge in [0.05, 0.1) is 24.5 Å². The van der Waals surface area contributed by atoms with Crippen molar-refractivity contribution in [3.63, 3.8) is 0 Å². The molecule has 1 aromatic carbocycles. The third-order valence-electron chi connectivity index (χ3n) is 3.02. The van der Waals surface area contributed by atoms with Crippen LogP contribution in [0.15, 0.2) is 18.2 Å². The number of primary amides is 1. The molecule has 1 aliphatic rings. The fourth-order valence-corrected chi connectivity index (χ4v) is 1.97. The van der Waals surface area contributed by atoms with E-state index in [2.05, 4.69) is 0 Å². The predicted molar refractivity (Wildman–Crippen MR) is 67.4 cm³/mol. The van der Waals surface area contributed by atoms with Crippen LogP contribution in [-0.4, -0.2) is 47.6 Å². The molecule has 0 radical (unpaired) electrons. The maximum Gasteiger partial charge on any atom is 0.258 e. The number of hydrogen-bond acceptors (Lipinski definition) is 5. The van der Waals surface area contributed by atoms with Gasteiger partial charge in [-0.25, -0.2) is 0 Å². The maximum absolute atomic E-state index is 12.3. The molecule has 0 aliphatic carbocycles. The number of ether oxygens (including phenoxy) is 1. The molecule has 1 heterocycles. The van der Waals surface area contributed by atoms with E-state index < -0.39 is 17.9 Å². The van der Waals surface area contributed by atoms with E-state index in [1.54, 1.807) is 6.07 Å². The van der Waals surface area contributed by atoms with E-state index >= 15 is 0 Å². The zero-order valence-electron chi connectivity index (χ0n) is 10.2. The van der Waals surface area contributed by atoms with Gasteiger partial charge in [-0.15, -0.1) is 0 Å². The van der Waals surface area contributed by atoms with Crippen LogP contribution in [0.2, 0.25) is 0 Å². The number of para-hydroxylation sites is 1. The number of rotatable bonds is 2. The number of phenols is 1. The van der Waals surface area contributed by atoms with Gasteiger partial charge in [-0.05, 0) is 12.1 Å². The van der Waals surface area contributed by atoms with Gasteiger partial charge in [0.25, 0.3) is 5.91 Å². The van der Waals surface area contributed by atoms with Gasteiger partial charge in [0.2, 0.25) is 5.91 Å². The largest absolute Gasteiger partial charge is 0.505 e. The van der Waals surface area contributed by atoms with Crippen LogP contribution in [0.25, 0.3) is 0 Å². The number of nitrogen functional groups attached to an aromatic ring is 1. The molecule has 102 valence electrons. The molecular formula is C12H15N3O4. The van der Waals surface area contributed by atoms with Crippen LogP contribution in [0.5, 0.6) is 5.75 Å². The summed E-state index contributed by atoms with van der Waals surface area (Å²) in [6.07, 6.45) is 0. The van der Waals surface area contributed by atoms with Gasteiger partial charge >= 0.3 is 0 Å². The second kappa shape index (κ2) is 5.15. The molecule has 7 heteroatoms. The Labute approximate surface area is 109 Å². The van der Waals surface area contributed by atoms with Gasteiger partial charge in [0, 0.05) is 6.54 Å². The van der Waals surface area contributed by atoms with Crippen LogP contribution < -0.4 is 11.5 Å². The first-order valence-electron chi connectivity index (χ1n) is 5.78. The molecule has 0 bridgehead atoms. The number of amides is 2. The molecule has 1 aromatic rings. The molecule has 1 atom stereocenters. The normalized spacial score (nSPS) is 19.2. The third kappa shape index (κ3) is 2.45. The zero-order valence-corrected chi connectivity index (χ0v) is 10.2. The maximum atomic E-state index is 12.3. The van der Waals surface area contributed by atoms with E-state index in [-0.39, 0.29) is 30.2 Å². The van der Waals surface area contributed by atoms with E-state index in [0.717, 1.165) is 0 Å². The van der Waals surface area contributed by atoms with E-state index in [0.29, 0.717) is 6.61 Å². The summed E-state index contributed by atoms with van der Waals surface area (Å²) >= 11 is 0. The Morgan fingerprint density at radius 1 is 1.42 bits per heavy atom. The minimum atomic E-state index is -0.831. The van der Waals surface area contributed by atoms with E-state index in [9.17, 15) is 14.7 Å². The highest BCUT2D eigenvalue weighted by molar-refractivity contribution is 6.00. The monoisotopic (exact) mass is 265 g/mol. The van der Waals surface area contributed by atoms with Crippen LogP contribution in [0, 0.1) is 0 Å². The summed E-state index contributed by atoms with van der Waals surface area (Å²) in [5.74, 6) is -1.42. The van der Waals surface area contributed by atoms with Gasteiger partial charge < -0.3 is 26.2 Å². The first-order valence-corrected chi connectivity index (χ1v) is 5.78. The number of hydrogen-bond donors (Lipinski definition) is 3. The lowest BCUT2D eigenvalue weighted by molar-refractivity contribution is -0.127. The fraction of sp³-hybridized carbons (Fsp3) is 0.333. The number of carbonyl (C=O) groups is 2. The first kappa shape index (κ1) is 13.2. The summed E-state index contributed by atoms with van der Waals surface area (Å²) in [6, 6.07) is 3.66. The van der Waals surface area contributed by atoms with E-state index in [1.807, 2.05) is 0 Å². The number of nitrogens with zero attached hydrogens (tertiary/aromatic N) is 1. The van der Waals surface area contributed by atoms with Gasteiger partial charge in [-0.1, -0.05) is 6.07 Å². The molecule has 2 rings (SSSR count). The number of phenolic OH excluding ortho intramolecular Hbond substituents is 1. The minimum Gasteiger partial charge on any atom is -0.505 e. The molecule has 2 amide bonds. The molecule has 1 aliphatic heterocycles. The predicted octanol–water partition coefficient (Wildman–Crippen LogP) is -0.699. The molecule has 0 saturated carbocycles.